The lowest BCUT2D eigenvalue weighted by atomic mass is 10.3. The van der Waals surface area contributed by atoms with E-state index < -0.39 is 10.0 Å². The molecule has 0 fully saturated rings. The molecule has 5 nitrogen and oxygen atoms in total. The zero-order valence-corrected chi connectivity index (χ0v) is 11.9. The van der Waals surface area contributed by atoms with E-state index in [0.717, 1.165) is 11.3 Å². The van der Waals surface area contributed by atoms with Crippen LogP contribution in [0.15, 0.2) is 39.9 Å². The van der Waals surface area contributed by atoms with Crippen LogP contribution < -0.4 is 15.2 Å². The Balaban J connectivity index is 2.30. The normalized spacial score (nSPS) is 11.2. The molecule has 0 aliphatic heterocycles. The largest absolute Gasteiger partial charge is 0.492 e. The number of nitrogen functional groups attached to an aromatic ring is 1. The first-order chi connectivity index (χ1) is 9.03. The third-order valence-electron chi connectivity index (χ3n) is 2.29. The van der Waals surface area contributed by atoms with Crippen molar-refractivity contribution in [1.82, 2.24) is 0 Å². The maximum Gasteiger partial charge on any atom is 0.271 e. The summed E-state index contributed by atoms with van der Waals surface area (Å²) >= 11 is 1.08. The molecule has 0 bridgehead atoms. The van der Waals surface area contributed by atoms with Gasteiger partial charge in [0.15, 0.2) is 0 Å². The van der Waals surface area contributed by atoms with E-state index in [0.29, 0.717) is 23.7 Å². The average Bonchev–Trinajstić information content (AvgIpc) is 2.79. The topological polar surface area (TPSA) is 81.4 Å². The molecule has 1 aromatic carbocycles. The van der Waals surface area contributed by atoms with Crippen LogP contribution >= 0.6 is 11.3 Å². The summed E-state index contributed by atoms with van der Waals surface area (Å²) in [4.78, 5) is 0. The number of nitrogens with two attached hydrogens (primary N) is 1. The molecule has 0 radical (unpaired) electrons. The summed E-state index contributed by atoms with van der Waals surface area (Å²) in [6.45, 7) is 2.30. The molecular formula is C12H14N2O3S2. The van der Waals surface area contributed by atoms with Gasteiger partial charge in [0.1, 0.15) is 9.96 Å². The van der Waals surface area contributed by atoms with E-state index >= 15 is 0 Å². The highest BCUT2D eigenvalue weighted by molar-refractivity contribution is 7.94. The Labute approximate surface area is 116 Å². The SMILES string of the molecule is CCOc1ccccc1NS(=O)(=O)c1cc(N)cs1. The van der Waals surface area contributed by atoms with Gasteiger partial charge in [0.05, 0.1) is 12.3 Å². The zero-order chi connectivity index (χ0) is 13.9. The highest BCUT2D eigenvalue weighted by Gasteiger charge is 2.18. The standard InChI is InChI=1S/C12H14N2O3S2/c1-2-17-11-6-4-3-5-10(11)14-19(15,16)12-7-9(13)8-18-12/h3-8,14H,2,13H2,1H3. The van der Waals surface area contributed by atoms with Gasteiger partial charge in [-0.05, 0) is 25.1 Å². The van der Waals surface area contributed by atoms with Crippen LogP contribution in [0.5, 0.6) is 5.75 Å². The van der Waals surface area contributed by atoms with Crippen molar-refractivity contribution >= 4 is 32.7 Å². The molecule has 2 rings (SSSR count). The average molecular weight is 298 g/mol. The van der Waals surface area contributed by atoms with Gasteiger partial charge >= 0.3 is 0 Å². The number of thiophene rings is 1. The summed E-state index contributed by atoms with van der Waals surface area (Å²) in [7, 11) is -3.62. The third kappa shape index (κ3) is 3.18. The Morgan fingerprint density at radius 3 is 2.74 bits per heavy atom. The maximum absolute atomic E-state index is 12.2. The number of hydrogen-bond donors (Lipinski definition) is 2. The van der Waals surface area contributed by atoms with E-state index in [9.17, 15) is 8.42 Å². The molecule has 0 aliphatic carbocycles. The lowest BCUT2D eigenvalue weighted by Crippen LogP contribution is -2.12. The fourth-order valence-electron chi connectivity index (χ4n) is 1.50. The molecule has 0 atom stereocenters. The number of sulfonamides is 1. The molecule has 19 heavy (non-hydrogen) atoms. The van der Waals surface area contributed by atoms with Crippen molar-refractivity contribution in [3.05, 3.63) is 35.7 Å². The fourth-order valence-corrected chi connectivity index (χ4v) is 3.65. The Morgan fingerprint density at radius 1 is 1.37 bits per heavy atom. The van der Waals surface area contributed by atoms with E-state index in [1.165, 1.54) is 6.07 Å². The van der Waals surface area contributed by atoms with Crippen molar-refractivity contribution in [3.8, 4) is 5.75 Å². The monoisotopic (exact) mass is 298 g/mol. The molecule has 0 aliphatic rings. The number of anilines is 2. The third-order valence-corrected chi connectivity index (χ3v) is 5.12. The van der Waals surface area contributed by atoms with Crippen molar-refractivity contribution in [3.63, 3.8) is 0 Å². The fraction of sp³-hybridized carbons (Fsp3) is 0.167. The lowest BCUT2D eigenvalue weighted by Gasteiger charge is -2.11. The van der Waals surface area contributed by atoms with Gasteiger partial charge in [-0.3, -0.25) is 4.72 Å². The molecule has 0 unspecified atom stereocenters. The number of para-hydroxylation sites is 2. The van der Waals surface area contributed by atoms with E-state index in [1.807, 2.05) is 6.92 Å². The minimum absolute atomic E-state index is 0.177. The molecular weight excluding hydrogens is 284 g/mol. The van der Waals surface area contributed by atoms with Gasteiger partial charge in [0.25, 0.3) is 10.0 Å². The second-order valence-corrected chi connectivity index (χ2v) is 6.55. The highest BCUT2D eigenvalue weighted by Crippen LogP contribution is 2.29. The minimum atomic E-state index is -3.62. The summed E-state index contributed by atoms with van der Waals surface area (Å²) < 4.78 is 32.4. The van der Waals surface area contributed by atoms with Crippen molar-refractivity contribution in [2.45, 2.75) is 11.1 Å². The number of rotatable bonds is 5. The summed E-state index contributed by atoms with van der Waals surface area (Å²) in [5.41, 5.74) is 6.39. The zero-order valence-electron chi connectivity index (χ0n) is 10.3. The Kier molecular flexibility index (Phi) is 3.96. The van der Waals surface area contributed by atoms with Crippen LogP contribution in [0.3, 0.4) is 0 Å². The molecule has 0 spiro atoms. The van der Waals surface area contributed by atoms with Crippen molar-refractivity contribution in [2.24, 2.45) is 0 Å². The molecule has 2 aromatic rings. The van der Waals surface area contributed by atoms with Gasteiger partial charge in [0, 0.05) is 11.1 Å². The van der Waals surface area contributed by atoms with E-state index in [4.69, 9.17) is 10.5 Å². The molecule has 102 valence electrons. The van der Waals surface area contributed by atoms with Crippen LogP contribution in [-0.4, -0.2) is 15.0 Å². The van der Waals surface area contributed by atoms with Gasteiger partial charge in [-0.1, -0.05) is 12.1 Å². The first-order valence-electron chi connectivity index (χ1n) is 5.61. The van der Waals surface area contributed by atoms with Crippen molar-refractivity contribution in [1.29, 1.82) is 0 Å². The quantitative estimate of drug-likeness (QED) is 0.888. The van der Waals surface area contributed by atoms with Crippen LogP contribution in [0.2, 0.25) is 0 Å². The Bertz CT molecular complexity index is 665. The number of ether oxygens (including phenoxy) is 1. The summed E-state index contributed by atoms with van der Waals surface area (Å²) in [6, 6.07) is 8.31. The van der Waals surface area contributed by atoms with Gasteiger partial charge < -0.3 is 10.5 Å². The lowest BCUT2D eigenvalue weighted by molar-refractivity contribution is 0.342. The Hall–Kier alpha value is -1.73. The van der Waals surface area contributed by atoms with Gasteiger partial charge in [0.2, 0.25) is 0 Å². The molecule has 1 heterocycles. The predicted molar refractivity (Wildman–Crippen MR) is 77.2 cm³/mol. The number of nitrogens with one attached hydrogen (secondary N) is 1. The van der Waals surface area contributed by atoms with E-state index in [2.05, 4.69) is 4.72 Å². The number of hydrogen-bond acceptors (Lipinski definition) is 5. The maximum atomic E-state index is 12.2. The van der Waals surface area contributed by atoms with Gasteiger partial charge in [-0.2, -0.15) is 0 Å². The predicted octanol–water partition coefficient (Wildman–Crippen LogP) is 2.53. The molecule has 7 heteroatoms. The van der Waals surface area contributed by atoms with Gasteiger partial charge in [-0.15, -0.1) is 11.3 Å². The molecule has 3 N–H and O–H groups in total. The molecule has 1 aromatic heterocycles. The minimum Gasteiger partial charge on any atom is -0.492 e. The molecule has 0 saturated carbocycles. The smallest absolute Gasteiger partial charge is 0.271 e. The first-order valence-corrected chi connectivity index (χ1v) is 7.98. The summed E-state index contributed by atoms with van der Waals surface area (Å²) in [5.74, 6) is 0.498. The van der Waals surface area contributed by atoms with Crippen molar-refractivity contribution < 1.29 is 13.2 Å². The van der Waals surface area contributed by atoms with Gasteiger partial charge in [-0.25, -0.2) is 8.42 Å². The second-order valence-electron chi connectivity index (χ2n) is 3.73. The molecule has 0 amide bonds. The molecule has 0 saturated heterocycles. The Morgan fingerprint density at radius 2 is 2.11 bits per heavy atom. The summed E-state index contributed by atoms with van der Waals surface area (Å²) in [6.07, 6.45) is 0. The van der Waals surface area contributed by atoms with E-state index in [1.54, 1.807) is 29.6 Å². The van der Waals surface area contributed by atoms with Crippen LogP contribution in [0.4, 0.5) is 11.4 Å². The first kappa shape index (κ1) is 13.7. The van der Waals surface area contributed by atoms with Crippen LogP contribution in [0.25, 0.3) is 0 Å². The number of benzene rings is 1. The summed E-state index contributed by atoms with van der Waals surface area (Å²) in [5, 5.41) is 1.59. The second kappa shape index (κ2) is 5.50. The van der Waals surface area contributed by atoms with Crippen LogP contribution in [0.1, 0.15) is 6.92 Å². The van der Waals surface area contributed by atoms with Crippen molar-refractivity contribution in [2.75, 3.05) is 17.1 Å². The highest BCUT2D eigenvalue weighted by atomic mass is 32.2. The van der Waals surface area contributed by atoms with E-state index in [-0.39, 0.29) is 4.21 Å². The van der Waals surface area contributed by atoms with Crippen LogP contribution in [0, 0.1) is 0 Å². The van der Waals surface area contributed by atoms with Crippen LogP contribution in [-0.2, 0) is 10.0 Å².